The third kappa shape index (κ3) is 3.37. The Morgan fingerprint density at radius 1 is 1.38 bits per heavy atom. The summed E-state index contributed by atoms with van der Waals surface area (Å²) in [7, 11) is 0. The van der Waals surface area contributed by atoms with Crippen molar-refractivity contribution in [1.82, 2.24) is 10.3 Å². The van der Waals surface area contributed by atoms with E-state index < -0.39 is 0 Å². The van der Waals surface area contributed by atoms with Crippen LogP contribution in [0.25, 0.3) is 0 Å². The highest BCUT2D eigenvalue weighted by Gasteiger charge is 2.14. The summed E-state index contributed by atoms with van der Waals surface area (Å²) >= 11 is 0. The van der Waals surface area contributed by atoms with E-state index in [0.717, 1.165) is 31.7 Å². The number of rotatable bonds is 2. The molecule has 0 saturated carbocycles. The van der Waals surface area contributed by atoms with Gasteiger partial charge in [-0.25, -0.2) is 4.98 Å². The SMILES string of the molecule is Cl.N#Cc1ccc(OC2CCNCC2)cn1. The van der Waals surface area contributed by atoms with Gasteiger partial charge >= 0.3 is 0 Å². The average molecular weight is 240 g/mol. The van der Waals surface area contributed by atoms with Crippen LogP contribution in [0.3, 0.4) is 0 Å². The van der Waals surface area contributed by atoms with Crippen LogP contribution in [-0.2, 0) is 0 Å². The highest BCUT2D eigenvalue weighted by Crippen LogP contribution is 2.15. The summed E-state index contributed by atoms with van der Waals surface area (Å²) < 4.78 is 5.74. The molecule has 4 nitrogen and oxygen atoms in total. The molecule has 2 heterocycles. The Bertz CT molecular complexity index is 354. The quantitative estimate of drug-likeness (QED) is 0.850. The van der Waals surface area contributed by atoms with Gasteiger partial charge in [-0.1, -0.05) is 0 Å². The Morgan fingerprint density at radius 2 is 2.12 bits per heavy atom. The molecule has 1 N–H and O–H groups in total. The van der Waals surface area contributed by atoms with Gasteiger partial charge in [-0.2, -0.15) is 5.26 Å². The molecule has 0 aliphatic carbocycles. The van der Waals surface area contributed by atoms with Crippen molar-refractivity contribution < 1.29 is 4.74 Å². The lowest BCUT2D eigenvalue weighted by atomic mass is 10.1. The molecule has 0 spiro atoms. The van der Waals surface area contributed by atoms with Gasteiger partial charge in [0.1, 0.15) is 23.6 Å². The van der Waals surface area contributed by atoms with Crippen molar-refractivity contribution in [3.05, 3.63) is 24.0 Å². The molecule has 1 aliphatic rings. The average Bonchev–Trinajstić information content (AvgIpc) is 2.31. The Balaban J connectivity index is 0.00000128. The largest absolute Gasteiger partial charge is 0.489 e. The van der Waals surface area contributed by atoms with Crippen molar-refractivity contribution >= 4 is 12.4 Å². The van der Waals surface area contributed by atoms with Gasteiger partial charge in [-0.15, -0.1) is 12.4 Å². The van der Waals surface area contributed by atoms with Crippen LogP contribution >= 0.6 is 12.4 Å². The minimum absolute atomic E-state index is 0. The molecule has 1 aromatic heterocycles. The van der Waals surface area contributed by atoms with Gasteiger partial charge in [-0.05, 0) is 38.1 Å². The summed E-state index contributed by atoms with van der Waals surface area (Å²) in [6.45, 7) is 2.02. The lowest BCUT2D eigenvalue weighted by Gasteiger charge is -2.23. The Kier molecular flexibility index (Phi) is 5.03. The zero-order valence-corrected chi connectivity index (χ0v) is 9.67. The number of nitrogens with one attached hydrogen (secondary N) is 1. The van der Waals surface area contributed by atoms with E-state index in [1.165, 1.54) is 0 Å². The Morgan fingerprint density at radius 3 is 2.69 bits per heavy atom. The Hall–Kier alpha value is -1.31. The van der Waals surface area contributed by atoms with Gasteiger partial charge in [0.25, 0.3) is 0 Å². The van der Waals surface area contributed by atoms with Crippen molar-refractivity contribution in [2.24, 2.45) is 0 Å². The predicted octanol–water partition coefficient (Wildman–Crippen LogP) is 1.51. The van der Waals surface area contributed by atoms with E-state index in [4.69, 9.17) is 10.00 Å². The first-order chi connectivity index (χ1) is 7.38. The normalized spacial score (nSPS) is 15.9. The molecule has 1 aliphatic heterocycles. The maximum absolute atomic E-state index is 8.59. The molecule has 0 atom stereocenters. The van der Waals surface area contributed by atoms with E-state index in [2.05, 4.69) is 10.3 Å². The van der Waals surface area contributed by atoms with Crippen LogP contribution in [0, 0.1) is 11.3 Å². The summed E-state index contributed by atoms with van der Waals surface area (Å²) in [5.41, 5.74) is 0.424. The van der Waals surface area contributed by atoms with Gasteiger partial charge in [0.2, 0.25) is 0 Å². The first-order valence-electron chi connectivity index (χ1n) is 5.12. The standard InChI is InChI=1S/C11H13N3O.ClH/c12-7-9-1-2-11(8-14-9)15-10-3-5-13-6-4-10;/h1-2,8,10,13H,3-6H2;1H. The van der Waals surface area contributed by atoms with Gasteiger partial charge < -0.3 is 10.1 Å². The highest BCUT2D eigenvalue weighted by atomic mass is 35.5. The number of nitriles is 1. The highest BCUT2D eigenvalue weighted by molar-refractivity contribution is 5.85. The van der Waals surface area contributed by atoms with Gasteiger partial charge in [0.15, 0.2) is 0 Å². The summed E-state index contributed by atoms with van der Waals surface area (Å²) in [4.78, 5) is 3.96. The van der Waals surface area contributed by atoms with E-state index in [-0.39, 0.29) is 18.5 Å². The second-order valence-corrected chi connectivity index (χ2v) is 3.56. The van der Waals surface area contributed by atoms with Crippen molar-refractivity contribution in [2.75, 3.05) is 13.1 Å². The third-order valence-corrected chi connectivity index (χ3v) is 2.44. The molecule has 0 amide bonds. The molecule has 0 radical (unpaired) electrons. The molecule has 2 rings (SSSR count). The van der Waals surface area contributed by atoms with Crippen molar-refractivity contribution in [3.63, 3.8) is 0 Å². The lowest BCUT2D eigenvalue weighted by Crippen LogP contribution is -2.34. The van der Waals surface area contributed by atoms with E-state index in [1.54, 1.807) is 18.3 Å². The number of ether oxygens (including phenoxy) is 1. The van der Waals surface area contributed by atoms with E-state index in [1.807, 2.05) is 6.07 Å². The smallest absolute Gasteiger partial charge is 0.140 e. The van der Waals surface area contributed by atoms with E-state index in [9.17, 15) is 0 Å². The molecule has 5 heteroatoms. The molecule has 0 unspecified atom stereocenters. The second-order valence-electron chi connectivity index (χ2n) is 3.56. The fourth-order valence-electron chi connectivity index (χ4n) is 1.62. The van der Waals surface area contributed by atoms with Crippen LogP contribution < -0.4 is 10.1 Å². The topological polar surface area (TPSA) is 57.9 Å². The van der Waals surface area contributed by atoms with Crippen molar-refractivity contribution in [2.45, 2.75) is 18.9 Å². The second kappa shape index (κ2) is 6.31. The first-order valence-corrected chi connectivity index (χ1v) is 5.12. The van der Waals surface area contributed by atoms with Gasteiger partial charge in [-0.3, -0.25) is 0 Å². The zero-order valence-electron chi connectivity index (χ0n) is 8.85. The predicted molar refractivity (Wildman–Crippen MR) is 62.7 cm³/mol. The summed E-state index contributed by atoms with van der Waals surface area (Å²) in [6.07, 6.45) is 3.95. The van der Waals surface area contributed by atoms with Crippen molar-refractivity contribution in [1.29, 1.82) is 5.26 Å². The van der Waals surface area contributed by atoms with Gasteiger partial charge in [0, 0.05) is 0 Å². The number of pyridine rings is 1. The van der Waals surface area contributed by atoms with E-state index in [0.29, 0.717) is 5.69 Å². The number of hydrogen-bond donors (Lipinski definition) is 1. The summed E-state index contributed by atoms with van der Waals surface area (Å²) in [5.74, 6) is 0.751. The summed E-state index contributed by atoms with van der Waals surface area (Å²) in [6, 6.07) is 5.46. The number of aromatic nitrogens is 1. The molecular formula is C11H14ClN3O. The Labute approximate surface area is 101 Å². The van der Waals surface area contributed by atoms with Crippen LogP contribution in [0.4, 0.5) is 0 Å². The number of halogens is 1. The minimum atomic E-state index is 0. The maximum Gasteiger partial charge on any atom is 0.140 e. The lowest BCUT2D eigenvalue weighted by molar-refractivity contribution is 0.162. The number of piperidine rings is 1. The molecule has 1 saturated heterocycles. The fourth-order valence-corrected chi connectivity index (χ4v) is 1.62. The maximum atomic E-state index is 8.59. The summed E-state index contributed by atoms with van der Waals surface area (Å²) in [5, 5.41) is 11.9. The molecule has 16 heavy (non-hydrogen) atoms. The fraction of sp³-hybridized carbons (Fsp3) is 0.455. The monoisotopic (exact) mass is 239 g/mol. The van der Waals surface area contributed by atoms with Crippen LogP contribution in [-0.4, -0.2) is 24.2 Å². The van der Waals surface area contributed by atoms with Crippen LogP contribution in [0.1, 0.15) is 18.5 Å². The number of hydrogen-bond acceptors (Lipinski definition) is 4. The first kappa shape index (κ1) is 12.8. The number of nitrogens with zero attached hydrogens (tertiary/aromatic N) is 2. The third-order valence-electron chi connectivity index (χ3n) is 2.44. The van der Waals surface area contributed by atoms with Crippen LogP contribution in [0.5, 0.6) is 5.75 Å². The molecular weight excluding hydrogens is 226 g/mol. The van der Waals surface area contributed by atoms with Crippen molar-refractivity contribution in [3.8, 4) is 11.8 Å². The van der Waals surface area contributed by atoms with Gasteiger partial charge in [0.05, 0.1) is 6.20 Å². The molecule has 1 fully saturated rings. The van der Waals surface area contributed by atoms with E-state index >= 15 is 0 Å². The molecule has 86 valence electrons. The molecule has 0 bridgehead atoms. The molecule has 0 aromatic carbocycles. The zero-order chi connectivity index (χ0) is 10.5. The van der Waals surface area contributed by atoms with Crippen LogP contribution in [0.2, 0.25) is 0 Å². The van der Waals surface area contributed by atoms with Crippen LogP contribution in [0.15, 0.2) is 18.3 Å². The minimum Gasteiger partial charge on any atom is -0.489 e. The molecule has 1 aromatic rings.